The van der Waals surface area contributed by atoms with Crippen LogP contribution in [0.2, 0.25) is 0 Å². The second-order valence-electron chi connectivity index (χ2n) is 5.37. The van der Waals surface area contributed by atoms with Gasteiger partial charge in [0.2, 0.25) is 0 Å². The van der Waals surface area contributed by atoms with Gasteiger partial charge in [-0.1, -0.05) is 62.6 Å². The third-order valence-corrected chi connectivity index (χ3v) is 3.92. The van der Waals surface area contributed by atoms with E-state index in [4.69, 9.17) is 0 Å². The van der Waals surface area contributed by atoms with Gasteiger partial charge in [-0.05, 0) is 31.0 Å². The predicted octanol–water partition coefficient (Wildman–Crippen LogP) is 4.97. The lowest BCUT2D eigenvalue weighted by Gasteiger charge is -2.30. The standard InChI is InChI=1S/C18H23N/c1-3-4-9-14-18(2,16-11-6-5-7-12-16)17-13-8-10-15-19-17/h5-8,10-13,15H,3-4,9,14H2,1-2H3/t18-/m1/s1. The number of hydrogen-bond donors (Lipinski definition) is 0. The first kappa shape index (κ1) is 13.8. The van der Waals surface area contributed by atoms with Gasteiger partial charge >= 0.3 is 0 Å². The second-order valence-corrected chi connectivity index (χ2v) is 5.37. The first-order valence-electron chi connectivity index (χ1n) is 7.24. The van der Waals surface area contributed by atoms with E-state index in [1.807, 2.05) is 12.3 Å². The monoisotopic (exact) mass is 253 g/mol. The summed E-state index contributed by atoms with van der Waals surface area (Å²) >= 11 is 0. The second kappa shape index (κ2) is 6.51. The molecule has 0 saturated heterocycles. The van der Waals surface area contributed by atoms with Crippen molar-refractivity contribution in [3.05, 3.63) is 66.0 Å². The molecular formula is C18H23N. The molecule has 0 unspecified atom stereocenters. The van der Waals surface area contributed by atoms with Crippen molar-refractivity contribution in [1.29, 1.82) is 0 Å². The normalized spacial score (nSPS) is 14.0. The van der Waals surface area contributed by atoms with Crippen LogP contribution < -0.4 is 0 Å². The lowest BCUT2D eigenvalue weighted by atomic mass is 9.75. The maximum atomic E-state index is 4.61. The molecule has 0 aliphatic heterocycles. The van der Waals surface area contributed by atoms with E-state index in [1.165, 1.54) is 30.5 Å². The van der Waals surface area contributed by atoms with E-state index in [0.717, 1.165) is 6.42 Å². The molecule has 2 rings (SSSR count). The fourth-order valence-corrected chi connectivity index (χ4v) is 2.64. The van der Waals surface area contributed by atoms with Crippen molar-refractivity contribution in [2.24, 2.45) is 0 Å². The number of benzene rings is 1. The predicted molar refractivity (Wildman–Crippen MR) is 81.3 cm³/mol. The Balaban J connectivity index is 2.33. The zero-order valence-electron chi connectivity index (χ0n) is 12.0. The van der Waals surface area contributed by atoms with Gasteiger partial charge in [0, 0.05) is 11.6 Å². The zero-order valence-corrected chi connectivity index (χ0v) is 12.0. The van der Waals surface area contributed by atoms with Gasteiger partial charge in [0.05, 0.1) is 5.69 Å². The summed E-state index contributed by atoms with van der Waals surface area (Å²) in [5.41, 5.74) is 2.57. The summed E-state index contributed by atoms with van der Waals surface area (Å²) < 4.78 is 0. The molecule has 0 bridgehead atoms. The van der Waals surface area contributed by atoms with Gasteiger partial charge in [-0.25, -0.2) is 0 Å². The van der Waals surface area contributed by atoms with Crippen LogP contribution in [-0.4, -0.2) is 4.98 Å². The molecule has 0 radical (unpaired) electrons. The van der Waals surface area contributed by atoms with Crippen molar-refractivity contribution in [3.63, 3.8) is 0 Å². The van der Waals surface area contributed by atoms with Crippen molar-refractivity contribution >= 4 is 0 Å². The molecule has 1 nitrogen and oxygen atoms in total. The zero-order chi connectivity index (χ0) is 13.6. The Labute approximate surface area is 116 Å². The van der Waals surface area contributed by atoms with Gasteiger partial charge in [0.25, 0.3) is 0 Å². The minimum atomic E-state index is 0.0255. The van der Waals surface area contributed by atoms with Gasteiger partial charge in [0.15, 0.2) is 0 Å². The highest BCUT2D eigenvalue weighted by Crippen LogP contribution is 2.35. The molecule has 1 heteroatoms. The number of rotatable bonds is 6. The third-order valence-electron chi connectivity index (χ3n) is 3.92. The Kier molecular flexibility index (Phi) is 4.73. The lowest BCUT2D eigenvalue weighted by Crippen LogP contribution is -2.24. The van der Waals surface area contributed by atoms with Crippen LogP contribution in [0, 0.1) is 0 Å². The van der Waals surface area contributed by atoms with E-state index >= 15 is 0 Å². The molecule has 0 saturated carbocycles. The SMILES string of the molecule is CCCCC[C@](C)(c1ccccc1)c1ccccn1. The molecular weight excluding hydrogens is 230 g/mol. The van der Waals surface area contributed by atoms with E-state index in [-0.39, 0.29) is 5.41 Å². The summed E-state index contributed by atoms with van der Waals surface area (Å²) in [6, 6.07) is 17.0. The van der Waals surface area contributed by atoms with Crippen LogP contribution in [-0.2, 0) is 5.41 Å². The number of hydrogen-bond acceptors (Lipinski definition) is 1. The molecule has 1 atom stereocenters. The molecule has 0 aliphatic rings. The molecule has 19 heavy (non-hydrogen) atoms. The van der Waals surface area contributed by atoms with E-state index in [2.05, 4.69) is 61.3 Å². The van der Waals surface area contributed by atoms with Crippen molar-refractivity contribution < 1.29 is 0 Å². The van der Waals surface area contributed by atoms with Crippen molar-refractivity contribution in [1.82, 2.24) is 4.98 Å². The summed E-state index contributed by atoms with van der Waals surface area (Å²) in [5, 5.41) is 0. The maximum absolute atomic E-state index is 4.61. The summed E-state index contributed by atoms with van der Waals surface area (Å²) in [5.74, 6) is 0. The fraction of sp³-hybridized carbons (Fsp3) is 0.389. The van der Waals surface area contributed by atoms with Gasteiger partial charge < -0.3 is 0 Å². The van der Waals surface area contributed by atoms with Crippen molar-refractivity contribution in [2.45, 2.75) is 44.9 Å². The van der Waals surface area contributed by atoms with Crippen LogP contribution in [0.1, 0.15) is 50.8 Å². The Morgan fingerprint density at radius 1 is 0.947 bits per heavy atom. The number of aromatic nitrogens is 1. The molecule has 1 aromatic heterocycles. The molecule has 0 fully saturated rings. The van der Waals surface area contributed by atoms with E-state index in [1.54, 1.807) is 0 Å². The number of pyridine rings is 1. The summed E-state index contributed by atoms with van der Waals surface area (Å²) in [7, 11) is 0. The summed E-state index contributed by atoms with van der Waals surface area (Å²) in [6.07, 6.45) is 6.85. The maximum Gasteiger partial charge on any atom is 0.0506 e. The quantitative estimate of drug-likeness (QED) is 0.662. The van der Waals surface area contributed by atoms with Gasteiger partial charge in [-0.15, -0.1) is 0 Å². The first-order valence-corrected chi connectivity index (χ1v) is 7.24. The van der Waals surface area contributed by atoms with E-state index < -0.39 is 0 Å². The fourth-order valence-electron chi connectivity index (χ4n) is 2.64. The molecule has 0 aliphatic carbocycles. The minimum absolute atomic E-state index is 0.0255. The van der Waals surface area contributed by atoms with Crippen LogP contribution in [0.4, 0.5) is 0 Å². The van der Waals surface area contributed by atoms with Crippen molar-refractivity contribution in [3.8, 4) is 0 Å². The summed E-state index contributed by atoms with van der Waals surface area (Å²) in [6.45, 7) is 4.57. The van der Waals surface area contributed by atoms with Crippen LogP contribution in [0.3, 0.4) is 0 Å². The highest BCUT2D eigenvalue weighted by atomic mass is 14.7. The smallest absolute Gasteiger partial charge is 0.0506 e. The Morgan fingerprint density at radius 3 is 2.32 bits per heavy atom. The van der Waals surface area contributed by atoms with Crippen LogP contribution >= 0.6 is 0 Å². The number of nitrogens with zero attached hydrogens (tertiary/aromatic N) is 1. The van der Waals surface area contributed by atoms with Crippen LogP contribution in [0.25, 0.3) is 0 Å². The minimum Gasteiger partial charge on any atom is -0.260 e. The third kappa shape index (κ3) is 3.23. The van der Waals surface area contributed by atoms with Crippen LogP contribution in [0.5, 0.6) is 0 Å². The van der Waals surface area contributed by atoms with Gasteiger partial charge in [0.1, 0.15) is 0 Å². The summed E-state index contributed by atoms with van der Waals surface area (Å²) in [4.78, 5) is 4.61. The van der Waals surface area contributed by atoms with Gasteiger partial charge in [-0.2, -0.15) is 0 Å². The average Bonchev–Trinajstić information content (AvgIpc) is 2.49. The molecule has 2 aromatic rings. The Bertz CT molecular complexity index is 436. The molecule has 0 N–H and O–H groups in total. The average molecular weight is 253 g/mol. The van der Waals surface area contributed by atoms with E-state index in [9.17, 15) is 0 Å². The highest BCUT2D eigenvalue weighted by molar-refractivity contribution is 5.34. The topological polar surface area (TPSA) is 12.9 Å². The van der Waals surface area contributed by atoms with Crippen molar-refractivity contribution in [2.75, 3.05) is 0 Å². The van der Waals surface area contributed by atoms with Crippen LogP contribution in [0.15, 0.2) is 54.7 Å². The molecule has 1 aromatic carbocycles. The molecule has 1 heterocycles. The molecule has 0 spiro atoms. The largest absolute Gasteiger partial charge is 0.260 e. The molecule has 0 amide bonds. The number of unbranched alkanes of at least 4 members (excludes halogenated alkanes) is 2. The van der Waals surface area contributed by atoms with Gasteiger partial charge in [-0.3, -0.25) is 4.98 Å². The van der Waals surface area contributed by atoms with E-state index in [0.29, 0.717) is 0 Å². The highest BCUT2D eigenvalue weighted by Gasteiger charge is 2.29. The lowest BCUT2D eigenvalue weighted by molar-refractivity contribution is 0.472. The molecule has 100 valence electrons. The Morgan fingerprint density at radius 2 is 1.68 bits per heavy atom. The Hall–Kier alpha value is -1.63. The first-order chi connectivity index (χ1) is 9.27.